The van der Waals surface area contributed by atoms with E-state index < -0.39 is 21.6 Å². The van der Waals surface area contributed by atoms with Gasteiger partial charge in [0, 0.05) is 6.08 Å². The summed E-state index contributed by atoms with van der Waals surface area (Å²) >= 11 is 3.83. The Hall–Kier alpha value is 0.350. The molecule has 0 fully saturated rings. The molecule has 11 heavy (non-hydrogen) atoms. The molecule has 0 saturated heterocycles. The van der Waals surface area contributed by atoms with E-state index in [9.17, 15) is 22.0 Å². The van der Waals surface area contributed by atoms with Crippen molar-refractivity contribution in [3.8, 4) is 0 Å². The first kappa shape index (κ1) is 11.4. The molecule has 0 aliphatic carbocycles. The molecule has 0 amide bonds. The molecule has 0 spiro atoms. The summed E-state index contributed by atoms with van der Waals surface area (Å²) in [6.07, 6.45) is -5.27. The molecule has 0 nitrogen and oxygen atoms in total. The largest absolute Gasteiger partial charge is 0.410 e. The maximum Gasteiger partial charge on any atom is 0.410 e. The second-order valence-electron chi connectivity index (χ2n) is 1.53. The third-order valence-electron chi connectivity index (χ3n) is 0.561. The third kappa shape index (κ3) is 5.60. The standard InChI is InChI=1S/C4HBr2F5/c5-2(4(6,10)11)1-3(7,8)9/h1H/b2-1+. The van der Waals surface area contributed by atoms with Crippen LogP contribution in [-0.4, -0.2) is 11.0 Å². The number of allylic oxidation sites excluding steroid dienone is 2. The fraction of sp³-hybridized carbons (Fsp3) is 0.500. The van der Waals surface area contributed by atoms with Gasteiger partial charge in [0.05, 0.1) is 4.48 Å². The van der Waals surface area contributed by atoms with Gasteiger partial charge in [-0.25, -0.2) is 0 Å². The lowest BCUT2D eigenvalue weighted by Crippen LogP contribution is -2.10. The predicted molar refractivity (Wildman–Crippen MR) is 36.9 cm³/mol. The van der Waals surface area contributed by atoms with E-state index in [4.69, 9.17) is 0 Å². The molecule has 0 aromatic heterocycles. The van der Waals surface area contributed by atoms with Crippen molar-refractivity contribution in [1.82, 2.24) is 0 Å². The Bertz CT molecular complexity index is 164. The minimum absolute atomic E-state index is 0.526. The average Bonchev–Trinajstić information content (AvgIpc) is 1.56. The van der Waals surface area contributed by atoms with Crippen molar-refractivity contribution in [2.75, 3.05) is 0 Å². The van der Waals surface area contributed by atoms with Crippen LogP contribution in [-0.2, 0) is 0 Å². The van der Waals surface area contributed by atoms with E-state index in [0.29, 0.717) is 0 Å². The van der Waals surface area contributed by atoms with Crippen LogP contribution in [0.2, 0.25) is 0 Å². The first-order valence-electron chi connectivity index (χ1n) is 2.15. The van der Waals surface area contributed by atoms with Crippen LogP contribution in [0.5, 0.6) is 0 Å². The number of alkyl halides is 6. The Labute approximate surface area is 75.7 Å². The zero-order valence-corrected chi connectivity index (χ0v) is 7.90. The lowest BCUT2D eigenvalue weighted by atomic mass is 10.5. The summed E-state index contributed by atoms with van der Waals surface area (Å²) in [5.41, 5.74) is 0. The fourth-order valence-electron chi connectivity index (χ4n) is 0.226. The Morgan fingerprint density at radius 1 is 1.09 bits per heavy atom. The van der Waals surface area contributed by atoms with E-state index in [-0.39, 0.29) is 0 Å². The van der Waals surface area contributed by atoms with E-state index in [1.54, 1.807) is 15.9 Å². The van der Waals surface area contributed by atoms with Crippen LogP contribution in [0.3, 0.4) is 0 Å². The molecule has 0 aromatic rings. The predicted octanol–water partition coefficient (Wildman–Crippen LogP) is 3.82. The van der Waals surface area contributed by atoms with E-state index in [1.807, 2.05) is 0 Å². The van der Waals surface area contributed by atoms with Gasteiger partial charge in [-0.3, -0.25) is 0 Å². The highest BCUT2D eigenvalue weighted by Gasteiger charge is 2.34. The van der Waals surface area contributed by atoms with Crippen LogP contribution in [0.4, 0.5) is 22.0 Å². The molecule has 0 atom stereocenters. The molecule has 0 heterocycles. The summed E-state index contributed by atoms with van der Waals surface area (Å²) in [6.45, 7) is 0. The summed E-state index contributed by atoms with van der Waals surface area (Å²) in [4.78, 5) is -3.66. The highest BCUT2D eigenvalue weighted by molar-refractivity contribution is 9.14. The van der Waals surface area contributed by atoms with Gasteiger partial charge < -0.3 is 0 Å². The molecule has 0 bridgehead atoms. The van der Waals surface area contributed by atoms with Crippen LogP contribution in [0.15, 0.2) is 10.6 Å². The zero-order valence-electron chi connectivity index (χ0n) is 4.72. The number of hydrogen-bond donors (Lipinski definition) is 0. The van der Waals surface area contributed by atoms with E-state index in [2.05, 4.69) is 15.9 Å². The summed E-state index contributed by atoms with van der Waals surface area (Å²) in [5.74, 6) is 0. The summed E-state index contributed by atoms with van der Waals surface area (Å²) in [5, 5.41) is 0. The van der Waals surface area contributed by atoms with E-state index >= 15 is 0 Å². The van der Waals surface area contributed by atoms with Crippen molar-refractivity contribution in [2.45, 2.75) is 11.0 Å². The van der Waals surface area contributed by atoms with Gasteiger partial charge in [0.15, 0.2) is 0 Å². The zero-order chi connectivity index (χ0) is 9.28. The van der Waals surface area contributed by atoms with Crippen molar-refractivity contribution in [3.05, 3.63) is 10.6 Å². The molecule has 0 rings (SSSR count). The van der Waals surface area contributed by atoms with Crippen molar-refractivity contribution < 1.29 is 22.0 Å². The molecule has 0 aliphatic heterocycles. The molecular weight excluding hydrogens is 303 g/mol. The average molecular weight is 304 g/mol. The third-order valence-corrected chi connectivity index (χ3v) is 2.25. The Morgan fingerprint density at radius 3 is 1.55 bits per heavy atom. The molecule has 0 N–H and O–H groups in total. The Balaban J connectivity index is 4.49. The van der Waals surface area contributed by atoms with Crippen LogP contribution < -0.4 is 0 Å². The first-order valence-corrected chi connectivity index (χ1v) is 3.74. The molecule has 0 aliphatic rings. The van der Waals surface area contributed by atoms with Crippen molar-refractivity contribution in [1.29, 1.82) is 0 Å². The summed E-state index contributed by atoms with van der Waals surface area (Å²) in [7, 11) is 0. The number of halogens is 7. The molecule has 0 aromatic carbocycles. The van der Waals surface area contributed by atoms with Crippen molar-refractivity contribution in [2.24, 2.45) is 0 Å². The topological polar surface area (TPSA) is 0 Å². The quantitative estimate of drug-likeness (QED) is 0.510. The fourth-order valence-corrected chi connectivity index (χ4v) is 0.600. The molecule has 0 radical (unpaired) electrons. The van der Waals surface area contributed by atoms with Gasteiger partial charge in [-0.15, -0.1) is 0 Å². The van der Waals surface area contributed by atoms with Gasteiger partial charge in [0.2, 0.25) is 0 Å². The maximum atomic E-state index is 11.9. The second-order valence-corrected chi connectivity index (χ2v) is 3.38. The Morgan fingerprint density at radius 2 is 1.45 bits per heavy atom. The van der Waals surface area contributed by atoms with Crippen LogP contribution in [0.1, 0.15) is 0 Å². The minimum Gasteiger partial charge on any atom is -0.188 e. The number of rotatable bonds is 1. The van der Waals surface area contributed by atoms with E-state index in [0.717, 1.165) is 0 Å². The highest BCUT2D eigenvalue weighted by Crippen LogP contribution is 2.37. The monoisotopic (exact) mass is 302 g/mol. The van der Waals surface area contributed by atoms with E-state index in [1.165, 1.54) is 0 Å². The smallest absolute Gasteiger partial charge is 0.188 e. The van der Waals surface area contributed by atoms with Gasteiger partial charge in [0.1, 0.15) is 0 Å². The lowest BCUT2D eigenvalue weighted by Gasteiger charge is -2.07. The van der Waals surface area contributed by atoms with Gasteiger partial charge in [-0.1, -0.05) is 0 Å². The van der Waals surface area contributed by atoms with Crippen LogP contribution in [0.25, 0.3) is 0 Å². The van der Waals surface area contributed by atoms with Gasteiger partial charge in [-0.05, 0) is 31.9 Å². The molecule has 0 saturated carbocycles. The molecular formula is C4HBr2F5. The van der Waals surface area contributed by atoms with Crippen molar-refractivity contribution >= 4 is 31.9 Å². The molecule has 66 valence electrons. The van der Waals surface area contributed by atoms with Crippen LogP contribution in [0, 0.1) is 0 Å². The van der Waals surface area contributed by atoms with Gasteiger partial charge >= 0.3 is 11.0 Å². The molecule has 7 heteroatoms. The number of hydrogen-bond acceptors (Lipinski definition) is 0. The molecule has 0 unspecified atom stereocenters. The maximum absolute atomic E-state index is 11.9. The summed E-state index contributed by atoms with van der Waals surface area (Å²) in [6, 6.07) is 0. The van der Waals surface area contributed by atoms with Gasteiger partial charge in [-0.2, -0.15) is 22.0 Å². The first-order chi connectivity index (χ1) is 4.63. The minimum atomic E-state index is -4.74. The second kappa shape index (κ2) is 3.38. The highest BCUT2D eigenvalue weighted by atomic mass is 79.9. The lowest BCUT2D eigenvalue weighted by molar-refractivity contribution is -0.0811. The van der Waals surface area contributed by atoms with Crippen molar-refractivity contribution in [3.63, 3.8) is 0 Å². The van der Waals surface area contributed by atoms with Gasteiger partial charge in [0.25, 0.3) is 0 Å². The normalized spacial score (nSPS) is 15.4. The Kier molecular flexibility index (Phi) is 3.49. The SMILES string of the molecule is FC(F)(F)/C=C(/Br)C(F)(F)Br. The van der Waals surface area contributed by atoms with Crippen LogP contribution >= 0.6 is 31.9 Å². The summed E-state index contributed by atoms with van der Waals surface area (Å²) < 4.78 is 56.8.